The minimum atomic E-state index is -0.0482. The number of ketones is 1. The van der Waals surface area contributed by atoms with Crippen LogP contribution in [-0.2, 0) is 0 Å². The van der Waals surface area contributed by atoms with Gasteiger partial charge in [0.25, 0.3) is 0 Å². The number of nitrogens with zero attached hydrogens (tertiary/aromatic N) is 2. The largest absolute Gasteiger partial charge is 0.396 e. The van der Waals surface area contributed by atoms with E-state index in [1.54, 1.807) is 0 Å². The number of anilines is 1. The Balaban J connectivity index is 2.00. The summed E-state index contributed by atoms with van der Waals surface area (Å²) < 4.78 is 0. The molecule has 1 aliphatic rings. The molecular formula is C21H11N3OS. The second-order valence-electron chi connectivity index (χ2n) is 6.09. The molecule has 26 heavy (non-hydrogen) atoms. The van der Waals surface area contributed by atoms with Crippen LogP contribution >= 0.6 is 11.3 Å². The van der Waals surface area contributed by atoms with Crippen molar-refractivity contribution >= 4 is 33.0 Å². The number of carbonyl (C=O) groups is 1. The zero-order valence-corrected chi connectivity index (χ0v) is 14.3. The molecule has 0 aliphatic heterocycles. The number of rotatable bonds is 1. The van der Waals surface area contributed by atoms with E-state index in [1.165, 1.54) is 11.3 Å². The number of nitrogen functional groups attached to an aromatic ring is 1. The Bertz CT molecular complexity index is 1270. The third kappa shape index (κ3) is 1.82. The number of pyridine rings is 1. The van der Waals surface area contributed by atoms with Gasteiger partial charge in [0, 0.05) is 22.1 Å². The maximum absolute atomic E-state index is 13.2. The molecule has 0 saturated carbocycles. The van der Waals surface area contributed by atoms with Crippen molar-refractivity contribution in [3.8, 4) is 28.5 Å². The molecule has 2 aromatic heterocycles. The molecule has 0 unspecified atom stereocenters. The van der Waals surface area contributed by atoms with Crippen molar-refractivity contribution in [3.05, 3.63) is 70.6 Å². The fraction of sp³-hybridized carbons (Fsp3) is 0. The van der Waals surface area contributed by atoms with Gasteiger partial charge >= 0.3 is 0 Å². The van der Waals surface area contributed by atoms with Crippen LogP contribution < -0.4 is 5.73 Å². The standard InChI is InChI=1S/C21H11N3OS/c22-10-14-18(23)16-15(11-6-2-1-3-7-11)17-19(24-21(16)26-14)12-8-4-5-9-13(12)20(17)25/h1-9H,23H2. The Morgan fingerprint density at radius 2 is 1.65 bits per heavy atom. The normalized spacial score (nSPS) is 12.0. The summed E-state index contributed by atoms with van der Waals surface area (Å²) in [6.07, 6.45) is 0. The Morgan fingerprint density at radius 1 is 0.962 bits per heavy atom. The average molecular weight is 353 g/mol. The monoisotopic (exact) mass is 353 g/mol. The van der Waals surface area contributed by atoms with Crippen LogP contribution in [0.5, 0.6) is 0 Å². The first-order valence-corrected chi connectivity index (χ1v) is 8.88. The Hall–Kier alpha value is -3.49. The lowest BCUT2D eigenvalue weighted by Crippen LogP contribution is -2.00. The molecule has 0 radical (unpaired) electrons. The number of nitriles is 1. The fourth-order valence-corrected chi connectivity index (χ4v) is 4.47. The molecule has 0 fully saturated rings. The number of aromatic nitrogens is 1. The number of nitrogens with two attached hydrogens (primary N) is 1. The van der Waals surface area contributed by atoms with Crippen LogP contribution in [0.25, 0.3) is 32.6 Å². The molecule has 2 aromatic carbocycles. The van der Waals surface area contributed by atoms with Crippen LogP contribution in [0.4, 0.5) is 5.69 Å². The highest BCUT2D eigenvalue weighted by atomic mass is 32.1. The zero-order chi connectivity index (χ0) is 17.8. The van der Waals surface area contributed by atoms with Gasteiger partial charge in [0.1, 0.15) is 15.8 Å². The molecular weight excluding hydrogens is 342 g/mol. The number of hydrogen-bond donors (Lipinski definition) is 1. The van der Waals surface area contributed by atoms with Crippen molar-refractivity contribution in [1.29, 1.82) is 5.26 Å². The van der Waals surface area contributed by atoms with E-state index in [9.17, 15) is 10.1 Å². The predicted molar refractivity (Wildman–Crippen MR) is 103 cm³/mol. The zero-order valence-electron chi connectivity index (χ0n) is 13.5. The van der Waals surface area contributed by atoms with Crippen molar-refractivity contribution < 1.29 is 4.79 Å². The average Bonchev–Trinajstić information content (AvgIpc) is 3.16. The van der Waals surface area contributed by atoms with Crippen molar-refractivity contribution in [2.75, 3.05) is 5.73 Å². The van der Waals surface area contributed by atoms with E-state index in [1.807, 2.05) is 54.6 Å². The smallest absolute Gasteiger partial charge is 0.196 e. The highest BCUT2D eigenvalue weighted by molar-refractivity contribution is 7.20. The summed E-state index contributed by atoms with van der Waals surface area (Å²) in [5.74, 6) is -0.0482. The SMILES string of the molecule is N#Cc1sc2nc3c(c(-c4ccccc4)c2c1N)C(=O)c1ccccc1-3. The van der Waals surface area contributed by atoms with Crippen LogP contribution in [0.15, 0.2) is 54.6 Å². The molecule has 4 nitrogen and oxygen atoms in total. The Morgan fingerprint density at radius 3 is 2.38 bits per heavy atom. The molecule has 4 aromatic rings. The maximum Gasteiger partial charge on any atom is 0.196 e. The lowest BCUT2D eigenvalue weighted by molar-refractivity contribution is 0.104. The van der Waals surface area contributed by atoms with E-state index in [4.69, 9.17) is 10.7 Å². The Kier molecular flexibility index (Phi) is 2.99. The lowest BCUT2D eigenvalue weighted by Gasteiger charge is -2.10. The predicted octanol–water partition coefficient (Wildman–Crippen LogP) is 4.63. The maximum atomic E-state index is 13.2. The van der Waals surface area contributed by atoms with Gasteiger partial charge in [0.2, 0.25) is 0 Å². The molecule has 0 amide bonds. The summed E-state index contributed by atoms with van der Waals surface area (Å²) in [4.78, 5) is 19.0. The molecule has 122 valence electrons. The first kappa shape index (κ1) is 14.8. The van der Waals surface area contributed by atoms with Gasteiger partial charge < -0.3 is 5.73 Å². The minimum Gasteiger partial charge on any atom is -0.396 e. The molecule has 1 aliphatic carbocycles. The summed E-state index contributed by atoms with van der Waals surface area (Å²) >= 11 is 1.27. The summed E-state index contributed by atoms with van der Waals surface area (Å²) in [6, 6.07) is 19.3. The molecule has 0 saturated heterocycles. The van der Waals surface area contributed by atoms with E-state index >= 15 is 0 Å². The van der Waals surface area contributed by atoms with Crippen molar-refractivity contribution in [2.24, 2.45) is 0 Å². The van der Waals surface area contributed by atoms with Crippen LogP contribution in [0.2, 0.25) is 0 Å². The summed E-state index contributed by atoms with van der Waals surface area (Å²) in [7, 11) is 0. The number of fused-ring (bicyclic) bond motifs is 4. The number of hydrogen-bond acceptors (Lipinski definition) is 5. The van der Waals surface area contributed by atoms with E-state index in [2.05, 4.69) is 6.07 Å². The fourth-order valence-electron chi connectivity index (χ4n) is 3.57. The van der Waals surface area contributed by atoms with E-state index in [-0.39, 0.29) is 5.78 Å². The summed E-state index contributed by atoms with van der Waals surface area (Å²) in [5, 5.41) is 10.1. The van der Waals surface area contributed by atoms with Crippen LogP contribution in [0.1, 0.15) is 20.8 Å². The number of carbonyl (C=O) groups excluding carboxylic acids is 1. The van der Waals surface area contributed by atoms with Gasteiger partial charge in [0.15, 0.2) is 5.78 Å². The van der Waals surface area contributed by atoms with Gasteiger partial charge in [-0.05, 0) is 5.56 Å². The lowest BCUT2D eigenvalue weighted by atomic mass is 9.94. The van der Waals surface area contributed by atoms with Gasteiger partial charge in [-0.2, -0.15) is 5.26 Å². The Labute approximate surface area is 153 Å². The van der Waals surface area contributed by atoms with E-state index in [0.717, 1.165) is 16.7 Å². The number of benzene rings is 2. The molecule has 5 heteroatoms. The van der Waals surface area contributed by atoms with Crippen molar-refractivity contribution in [2.45, 2.75) is 0 Å². The molecule has 5 rings (SSSR count). The highest BCUT2D eigenvalue weighted by Gasteiger charge is 2.33. The first-order valence-electron chi connectivity index (χ1n) is 8.06. The van der Waals surface area contributed by atoms with Crippen LogP contribution in [0.3, 0.4) is 0 Å². The molecule has 2 heterocycles. The van der Waals surface area contributed by atoms with Crippen LogP contribution in [-0.4, -0.2) is 10.8 Å². The van der Waals surface area contributed by atoms with E-state index in [0.29, 0.717) is 37.6 Å². The molecule has 0 spiro atoms. The molecule has 0 atom stereocenters. The third-order valence-electron chi connectivity index (χ3n) is 4.69. The number of thiophene rings is 1. The second-order valence-corrected chi connectivity index (χ2v) is 7.09. The minimum absolute atomic E-state index is 0.0482. The van der Waals surface area contributed by atoms with E-state index < -0.39 is 0 Å². The van der Waals surface area contributed by atoms with Gasteiger partial charge in [-0.15, -0.1) is 11.3 Å². The van der Waals surface area contributed by atoms with Crippen molar-refractivity contribution in [1.82, 2.24) is 4.98 Å². The molecule has 2 N–H and O–H groups in total. The second kappa shape index (κ2) is 5.25. The highest BCUT2D eigenvalue weighted by Crippen LogP contribution is 2.47. The van der Waals surface area contributed by atoms with Crippen molar-refractivity contribution in [3.63, 3.8) is 0 Å². The van der Waals surface area contributed by atoms with Gasteiger partial charge in [0.05, 0.1) is 16.9 Å². The first-order chi connectivity index (χ1) is 12.7. The molecule has 0 bridgehead atoms. The van der Waals surface area contributed by atoms with Gasteiger partial charge in [-0.1, -0.05) is 54.6 Å². The topological polar surface area (TPSA) is 79.8 Å². The summed E-state index contributed by atoms with van der Waals surface area (Å²) in [6.45, 7) is 0. The van der Waals surface area contributed by atoms with Crippen LogP contribution in [0, 0.1) is 11.3 Å². The van der Waals surface area contributed by atoms with Gasteiger partial charge in [-0.25, -0.2) is 4.98 Å². The van der Waals surface area contributed by atoms with Gasteiger partial charge in [-0.3, -0.25) is 4.79 Å². The quantitative estimate of drug-likeness (QED) is 0.476. The summed E-state index contributed by atoms with van der Waals surface area (Å²) in [5.41, 5.74) is 11.0. The third-order valence-corrected chi connectivity index (χ3v) is 5.70.